The molecule has 0 aliphatic carbocycles. The summed E-state index contributed by atoms with van der Waals surface area (Å²) in [4.78, 5) is 19.6. The second kappa shape index (κ2) is 9.15. The van der Waals surface area contributed by atoms with E-state index >= 15 is 0 Å². The molecule has 7 heteroatoms. The van der Waals surface area contributed by atoms with Gasteiger partial charge < -0.3 is 9.84 Å². The molecule has 0 saturated heterocycles. The number of urea groups is 1. The van der Waals surface area contributed by atoms with Crippen LogP contribution in [0.15, 0.2) is 89.1 Å². The molecule has 1 aliphatic heterocycles. The monoisotopic (exact) mass is 470 g/mol. The van der Waals surface area contributed by atoms with Crippen molar-refractivity contribution in [1.82, 2.24) is 15.5 Å². The second-order valence-electron chi connectivity index (χ2n) is 8.08. The van der Waals surface area contributed by atoms with E-state index < -0.39 is 6.04 Å². The molecule has 2 amide bonds. The molecule has 6 nitrogen and oxygen atoms in total. The largest absolute Gasteiger partial charge is 0.334 e. The summed E-state index contributed by atoms with van der Waals surface area (Å²) in [5.74, 6) is 0.853. The number of nitrogens with zero attached hydrogens (tertiary/aromatic N) is 3. The Labute approximate surface area is 202 Å². The molecule has 5 rings (SSSR count). The zero-order valence-electron chi connectivity index (χ0n) is 18.8. The molecule has 4 aromatic rings. The van der Waals surface area contributed by atoms with E-state index in [0.717, 1.165) is 23.1 Å². The van der Waals surface area contributed by atoms with Crippen molar-refractivity contribution >= 4 is 28.9 Å². The third-order valence-corrected chi connectivity index (χ3v) is 6.23. The number of allylic oxidation sites excluding steroid dienone is 1. The molecule has 1 atom stereocenters. The Morgan fingerprint density at radius 3 is 2.38 bits per heavy atom. The number of rotatable bonds is 5. The van der Waals surface area contributed by atoms with Gasteiger partial charge in [0.05, 0.1) is 17.3 Å². The van der Waals surface area contributed by atoms with Crippen LogP contribution >= 0.6 is 11.6 Å². The third kappa shape index (κ3) is 4.08. The molecular formula is C27H23ClN4O2. The zero-order valence-corrected chi connectivity index (χ0v) is 19.6. The van der Waals surface area contributed by atoms with Gasteiger partial charge in [-0.1, -0.05) is 78.3 Å². The molecule has 0 saturated carbocycles. The van der Waals surface area contributed by atoms with Gasteiger partial charge in [-0.25, -0.2) is 4.79 Å². The van der Waals surface area contributed by atoms with Gasteiger partial charge in [0.1, 0.15) is 0 Å². The van der Waals surface area contributed by atoms with Gasteiger partial charge in [-0.05, 0) is 48.7 Å². The first-order chi connectivity index (χ1) is 16.5. The lowest BCUT2D eigenvalue weighted by molar-refractivity contribution is 0.244. The summed E-state index contributed by atoms with van der Waals surface area (Å²) in [7, 11) is 0. The van der Waals surface area contributed by atoms with Gasteiger partial charge in [-0.3, -0.25) is 4.90 Å². The number of nitrogens with one attached hydrogen (secondary N) is 1. The van der Waals surface area contributed by atoms with Crippen molar-refractivity contribution in [3.8, 4) is 11.4 Å². The van der Waals surface area contributed by atoms with Crippen molar-refractivity contribution in [3.63, 3.8) is 0 Å². The first kappa shape index (κ1) is 21.9. The molecule has 1 aromatic heterocycles. The Morgan fingerprint density at radius 1 is 1.00 bits per heavy atom. The molecular weight excluding hydrogens is 448 g/mol. The third-order valence-electron chi connectivity index (χ3n) is 5.98. The van der Waals surface area contributed by atoms with Crippen LogP contribution < -0.4 is 10.2 Å². The fourth-order valence-corrected chi connectivity index (χ4v) is 4.28. The van der Waals surface area contributed by atoms with Crippen molar-refractivity contribution < 1.29 is 9.32 Å². The molecule has 170 valence electrons. The predicted octanol–water partition coefficient (Wildman–Crippen LogP) is 6.65. The number of hydrogen-bond donors (Lipinski definition) is 1. The molecule has 0 bridgehead atoms. The highest BCUT2D eigenvalue weighted by Crippen LogP contribution is 2.39. The topological polar surface area (TPSA) is 71.3 Å². The Hall–Kier alpha value is -3.90. The van der Waals surface area contributed by atoms with Crippen molar-refractivity contribution in [3.05, 3.63) is 107 Å². The Morgan fingerprint density at radius 2 is 1.71 bits per heavy atom. The summed E-state index contributed by atoms with van der Waals surface area (Å²) >= 11 is 6.07. The van der Waals surface area contributed by atoms with E-state index in [1.165, 1.54) is 5.56 Å². The van der Waals surface area contributed by atoms with Gasteiger partial charge in [0.2, 0.25) is 5.82 Å². The second-order valence-corrected chi connectivity index (χ2v) is 8.51. The van der Waals surface area contributed by atoms with Crippen molar-refractivity contribution in [2.75, 3.05) is 4.90 Å². The number of hydrogen-bond acceptors (Lipinski definition) is 4. The molecule has 1 aliphatic rings. The summed E-state index contributed by atoms with van der Waals surface area (Å²) in [5.41, 5.74) is 5.16. The summed E-state index contributed by atoms with van der Waals surface area (Å²) in [6.45, 7) is 4.00. The highest BCUT2D eigenvalue weighted by Gasteiger charge is 2.36. The van der Waals surface area contributed by atoms with Crippen LogP contribution in [0.5, 0.6) is 0 Å². The van der Waals surface area contributed by atoms with Gasteiger partial charge in [-0.2, -0.15) is 4.98 Å². The molecule has 1 unspecified atom stereocenters. The van der Waals surface area contributed by atoms with E-state index in [1.54, 1.807) is 17.0 Å². The van der Waals surface area contributed by atoms with Crippen LogP contribution in [-0.2, 0) is 6.42 Å². The highest BCUT2D eigenvalue weighted by atomic mass is 35.5. The maximum absolute atomic E-state index is 13.3. The van der Waals surface area contributed by atoms with Crippen molar-refractivity contribution in [2.45, 2.75) is 26.3 Å². The highest BCUT2D eigenvalue weighted by molar-refractivity contribution is 6.30. The standard InChI is InChI=1S/C27H23ClN4O2/c1-3-18-9-11-19(12-10-18)24-23(26-30-25(31-34-26)20-7-5-4-6-8-20)17(2)32(27(33)29-24)22-15-13-21(28)14-16-22/h4-16,24H,3H2,1-2H3,(H,29,33). The van der Waals surface area contributed by atoms with Gasteiger partial charge in [0.15, 0.2) is 0 Å². The smallest absolute Gasteiger partial charge is 0.326 e. The molecule has 34 heavy (non-hydrogen) atoms. The first-order valence-electron chi connectivity index (χ1n) is 11.1. The van der Waals surface area contributed by atoms with E-state index in [9.17, 15) is 4.79 Å². The van der Waals surface area contributed by atoms with Crippen LogP contribution in [-0.4, -0.2) is 16.2 Å². The van der Waals surface area contributed by atoms with Crippen LogP contribution in [0.2, 0.25) is 5.02 Å². The van der Waals surface area contributed by atoms with Crippen LogP contribution in [0.1, 0.15) is 36.9 Å². The minimum Gasteiger partial charge on any atom is -0.334 e. The number of aryl methyl sites for hydroxylation is 1. The number of carbonyl (C=O) groups is 1. The van der Waals surface area contributed by atoms with Gasteiger partial charge in [0.25, 0.3) is 5.89 Å². The molecule has 3 aromatic carbocycles. The Kier molecular flexibility index (Phi) is 5.90. The van der Waals surface area contributed by atoms with Gasteiger partial charge in [-0.15, -0.1) is 0 Å². The lowest BCUT2D eigenvalue weighted by Gasteiger charge is -2.35. The maximum Gasteiger partial charge on any atom is 0.326 e. The van der Waals surface area contributed by atoms with E-state index in [1.807, 2.05) is 61.5 Å². The summed E-state index contributed by atoms with van der Waals surface area (Å²) in [6.07, 6.45) is 0.938. The maximum atomic E-state index is 13.3. The van der Waals surface area contributed by atoms with Crippen LogP contribution in [0.3, 0.4) is 0 Å². The van der Waals surface area contributed by atoms with Crippen molar-refractivity contribution in [2.24, 2.45) is 0 Å². The number of amides is 2. The van der Waals surface area contributed by atoms with Gasteiger partial charge in [0, 0.05) is 16.3 Å². The van der Waals surface area contributed by atoms with E-state index in [-0.39, 0.29) is 6.03 Å². The van der Waals surface area contributed by atoms with Crippen LogP contribution in [0.25, 0.3) is 17.0 Å². The van der Waals surface area contributed by atoms with E-state index in [4.69, 9.17) is 21.1 Å². The number of aromatic nitrogens is 2. The molecule has 0 radical (unpaired) electrons. The minimum absolute atomic E-state index is 0.240. The first-order valence-corrected chi connectivity index (χ1v) is 11.5. The minimum atomic E-state index is -0.439. The molecule has 1 N–H and O–H groups in total. The fourth-order valence-electron chi connectivity index (χ4n) is 4.15. The van der Waals surface area contributed by atoms with Crippen LogP contribution in [0, 0.1) is 0 Å². The lowest BCUT2D eigenvalue weighted by atomic mass is 9.93. The van der Waals surface area contributed by atoms with Gasteiger partial charge >= 0.3 is 6.03 Å². The van der Waals surface area contributed by atoms with Crippen molar-refractivity contribution in [1.29, 1.82) is 0 Å². The average Bonchev–Trinajstić information content (AvgIpc) is 3.35. The quantitative estimate of drug-likeness (QED) is 0.354. The normalized spacial score (nSPS) is 16.0. The summed E-state index contributed by atoms with van der Waals surface area (Å²) < 4.78 is 5.75. The summed E-state index contributed by atoms with van der Waals surface area (Å²) in [5, 5.41) is 7.94. The number of carbonyl (C=O) groups excluding carboxylic acids is 1. The summed E-state index contributed by atoms with van der Waals surface area (Å²) in [6, 6.07) is 24.3. The molecule has 0 spiro atoms. The van der Waals surface area contributed by atoms with E-state index in [0.29, 0.717) is 28.1 Å². The lowest BCUT2D eigenvalue weighted by Crippen LogP contribution is -2.46. The number of anilines is 1. The van der Waals surface area contributed by atoms with Crippen LogP contribution in [0.4, 0.5) is 10.5 Å². The number of benzene rings is 3. The predicted molar refractivity (Wildman–Crippen MR) is 133 cm³/mol. The Bertz CT molecular complexity index is 1350. The Balaban J connectivity index is 1.64. The number of halogens is 1. The zero-order chi connectivity index (χ0) is 23.7. The van der Waals surface area contributed by atoms with E-state index in [2.05, 4.69) is 29.5 Å². The molecule has 0 fully saturated rings. The molecule has 2 heterocycles. The average molecular weight is 471 g/mol. The SMILES string of the molecule is CCc1ccc(C2NC(=O)N(c3ccc(Cl)cc3)C(C)=C2c2nc(-c3ccccc3)no2)cc1. The fraction of sp³-hybridized carbons (Fsp3) is 0.148.